The third kappa shape index (κ3) is 6.82. The third-order valence-corrected chi connectivity index (χ3v) is 5.25. The van der Waals surface area contributed by atoms with E-state index in [-0.39, 0.29) is 18.1 Å². The SMILES string of the molecule is CB(O)[C@H](CC(C)C)NC(=O)[C@@H](CC(=O)c1cccc(-c2ccccc2)c1)[C@@H](C)O. The van der Waals surface area contributed by atoms with Crippen molar-refractivity contribution < 1.29 is 19.7 Å². The van der Waals surface area contributed by atoms with Crippen molar-refractivity contribution in [1.82, 2.24) is 5.32 Å². The Kier molecular flexibility index (Phi) is 8.81. The topological polar surface area (TPSA) is 86.6 Å². The van der Waals surface area contributed by atoms with Gasteiger partial charge in [0.1, 0.15) is 0 Å². The Hall–Kier alpha value is -2.44. The van der Waals surface area contributed by atoms with Crippen molar-refractivity contribution in [2.75, 3.05) is 0 Å². The van der Waals surface area contributed by atoms with Crippen LogP contribution in [-0.2, 0) is 4.79 Å². The van der Waals surface area contributed by atoms with Gasteiger partial charge in [0.05, 0.1) is 12.0 Å². The van der Waals surface area contributed by atoms with E-state index in [1.54, 1.807) is 12.9 Å². The van der Waals surface area contributed by atoms with Crippen LogP contribution in [0.25, 0.3) is 11.1 Å². The van der Waals surface area contributed by atoms with Crippen molar-refractivity contribution >= 4 is 18.6 Å². The summed E-state index contributed by atoms with van der Waals surface area (Å²) in [5.74, 6) is -1.63. The minimum Gasteiger partial charge on any atom is -0.449 e. The Morgan fingerprint density at radius 1 is 1.00 bits per heavy atom. The third-order valence-electron chi connectivity index (χ3n) is 5.25. The summed E-state index contributed by atoms with van der Waals surface area (Å²) in [5.41, 5.74) is 2.43. The van der Waals surface area contributed by atoms with Gasteiger partial charge < -0.3 is 15.4 Å². The first kappa shape index (κ1) is 23.8. The van der Waals surface area contributed by atoms with Gasteiger partial charge in [0, 0.05) is 17.9 Å². The maximum absolute atomic E-state index is 12.9. The van der Waals surface area contributed by atoms with Crippen molar-refractivity contribution in [2.45, 2.75) is 52.5 Å². The number of carbonyl (C=O) groups excluding carboxylic acids is 2. The molecule has 0 aliphatic carbocycles. The fourth-order valence-corrected chi connectivity index (χ4v) is 3.48. The number of hydrogen-bond acceptors (Lipinski definition) is 4. The molecule has 6 heteroatoms. The highest BCUT2D eigenvalue weighted by Crippen LogP contribution is 2.22. The molecular formula is C24H32BNO4. The highest BCUT2D eigenvalue weighted by molar-refractivity contribution is 6.51. The van der Waals surface area contributed by atoms with E-state index in [4.69, 9.17) is 0 Å². The van der Waals surface area contributed by atoms with Crippen molar-refractivity contribution in [3.63, 3.8) is 0 Å². The molecule has 0 radical (unpaired) electrons. The first-order valence-electron chi connectivity index (χ1n) is 10.5. The van der Waals surface area contributed by atoms with Crippen molar-refractivity contribution in [1.29, 1.82) is 0 Å². The maximum atomic E-state index is 12.9. The fraction of sp³-hybridized carbons (Fsp3) is 0.417. The lowest BCUT2D eigenvalue weighted by Gasteiger charge is -2.25. The van der Waals surface area contributed by atoms with Crippen LogP contribution >= 0.6 is 0 Å². The lowest BCUT2D eigenvalue weighted by Crippen LogP contribution is -2.49. The summed E-state index contributed by atoms with van der Waals surface area (Å²) >= 11 is 0. The number of aliphatic hydroxyl groups is 1. The van der Waals surface area contributed by atoms with Crippen molar-refractivity contribution in [3.8, 4) is 11.1 Å². The van der Waals surface area contributed by atoms with Gasteiger partial charge in [-0.3, -0.25) is 9.59 Å². The van der Waals surface area contributed by atoms with Gasteiger partial charge in [-0.15, -0.1) is 0 Å². The molecule has 2 aromatic carbocycles. The Bertz CT molecular complexity index is 836. The number of carbonyl (C=O) groups is 2. The molecule has 0 saturated carbocycles. The molecule has 0 bridgehead atoms. The van der Waals surface area contributed by atoms with E-state index in [1.807, 2.05) is 62.4 Å². The number of amides is 1. The number of nitrogens with one attached hydrogen (secondary N) is 1. The number of benzene rings is 2. The smallest absolute Gasteiger partial charge is 0.308 e. The van der Waals surface area contributed by atoms with E-state index in [0.29, 0.717) is 12.0 Å². The van der Waals surface area contributed by atoms with E-state index >= 15 is 0 Å². The van der Waals surface area contributed by atoms with Crippen molar-refractivity contribution in [3.05, 3.63) is 60.2 Å². The Balaban J connectivity index is 2.14. The zero-order valence-corrected chi connectivity index (χ0v) is 18.2. The average Bonchev–Trinajstić information content (AvgIpc) is 2.71. The Morgan fingerprint density at radius 3 is 2.20 bits per heavy atom. The molecule has 30 heavy (non-hydrogen) atoms. The fourth-order valence-electron chi connectivity index (χ4n) is 3.48. The summed E-state index contributed by atoms with van der Waals surface area (Å²) in [6.45, 7) is 6.44. The van der Waals surface area contributed by atoms with Gasteiger partial charge in [0.2, 0.25) is 5.91 Å². The van der Waals surface area contributed by atoms with Crippen LogP contribution in [0.5, 0.6) is 0 Å². The Morgan fingerprint density at radius 2 is 1.63 bits per heavy atom. The molecule has 2 aromatic rings. The van der Waals surface area contributed by atoms with Crippen LogP contribution in [0.1, 0.15) is 44.0 Å². The monoisotopic (exact) mass is 409 g/mol. The van der Waals surface area contributed by atoms with E-state index in [2.05, 4.69) is 5.32 Å². The normalized spacial score (nSPS) is 14.1. The molecule has 0 aliphatic heterocycles. The van der Waals surface area contributed by atoms with Gasteiger partial charge in [-0.2, -0.15) is 0 Å². The summed E-state index contributed by atoms with van der Waals surface area (Å²) in [5, 5.41) is 23.0. The van der Waals surface area contributed by atoms with Gasteiger partial charge in [0.25, 0.3) is 0 Å². The van der Waals surface area contributed by atoms with Crippen LogP contribution in [-0.4, -0.2) is 40.8 Å². The predicted octanol–water partition coefficient (Wildman–Crippen LogP) is 3.61. The van der Waals surface area contributed by atoms with Gasteiger partial charge in [-0.1, -0.05) is 69.2 Å². The highest BCUT2D eigenvalue weighted by Gasteiger charge is 2.31. The summed E-state index contributed by atoms with van der Waals surface area (Å²) in [4.78, 5) is 25.7. The number of rotatable bonds is 10. The largest absolute Gasteiger partial charge is 0.449 e. The first-order valence-corrected chi connectivity index (χ1v) is 10.5. The van der Waals surface area contributed by atoms with Gasteiger partial charge in [-0.25, -0.2) is 0 Å². The van der Waals surface area contributed by atoms with Crippen LogP contribution < -0.4 is 5.32 Å². The van der Waals surface area contributed by atoms with E-state index in [9.17, 15) is 19.7 Å². The highest BCUT2D eigenvalue weighted by atomic mass is 16.3. The van der Waals surface area contributed by atoms with Gasteiger partial charge >= 0.3 is 6.92 Å². The molecule has 3 atom stereocenters. The molecule has 2 rings (SSSR count). The van der Waals surface area contributed by atoms with Gasteiger partial charge in [0.15, 0.2) is 5.78 Å². The molecule has 0 spiro atoms. The second-order valence-electron chi connectivity index (χ2n) is 8.41. The second kappa shape index (κ2) is 11.1. The van der Waals surface area contributed by atoms with E-state index in [0.717, 1.165) is 11.1 Å². The molecular weight excluding hydrogens is 377 g/mol. The molecule has 160 valence electrons. The van der Waals surface area contributed by atoms with E-state index < -0.39 is 30.8 Å². The molecule has 0 saturated heterocycles. The standard InChI is InChI=1S/C24H32BNO4/c1-16(2)13-23(25(4)30)26-24(29)21(17(3)27)15-22(28)20-12-8-11-19(14-20)18-9-6-5-7-10-18/h5-12,14,16-17,21,23,27,30H,13,15H2,1-4H3,(H,26,29)/t17-,21+,23+/m1/s1. The summed E-state index contributed by atoms with van der Waals surface area (Å²) in [7, 11) is 0. The van der Waals surface area contributed by atoms with Crippen LogP contribution in [0.2, 0.25) is 6.82 Å². The predicted molar refractivity (Wildman–Crippen MR) is 121 cm³/mol. The summed E-state index contributed by atoms with van der Waals surface area (Å²) < 4.78 is 0. The zero-order chi connectivity index (χ0) is 22.3. The van der Waals surface area contributed by atoms with Crippen LogP contribution in [0, 0.1) is 11.8 Å². The van der Waals surface area contributed by atoms with E-state index in [1.165, 1.54) is 6.92 Å². The second-order valence-corrected chi connectivity index (χ2v) is 8.41. The number of ketones is 1. The van der Waals surface area contributed by atoms with Crippen LogP contribution in [0.4, 0.5) is 0 Å². The lowest BCUT2D eigenvalue weighted by molar-refractivity contribution is -0.128. The quantitative estimate of drug-likeness (QED) is 0.413. The minimum atomic E-state index is -0.986. The number of hydrogen-bond donors (Lipinski definition) is 3. The molecule has 1 amide bonds. The molecule has 0 heterocycles. The molecule has 5 nitrogen and oxygen atoms in total. The lowest BCUT2D eigenvalue weighted by atomic mass is 9.61. The molecule has 0 aliphatic rings. The average molecular weight is 409 g/mol. The van der Waals surface area contributed by atoms with Crippen LogP contribution in [0.3, 0.4) is 0 Å². The summed E-state index contributed by atoms with van der Waals surface area (Å²) in [6.07, 6.45) is -0.473. The summed E-state index contributed by atoms with van der Waals surface area (Å²) in [6, 6.07) is 17.0. The molecule has 0 aromatic heterocycles. The minimum absolute atomic E-state index is 0.101. The van der Waals surface area contributed by atoms with Gasteiger partial charge in [-0.05, 0) is 36.5 Å². The molecule has 0 fully saturated rings. The number of aliphatic hydroxyl groups excluding tert-OH is 1. The zero-order valence-electron chi connectivity index (χ0n) is 18.2. The van der Waals surface area contributed by atoms with Crippen molar-refractivity contribution in [2.24, 2.45) is 11.8 Å². The molecule has 0 unspecified atom stereocenters. The first-order chi connectivity index (χ1) is 14.2. The maximum Gasteiger partial charge on any atom is 0.308 e. The Labute approximate surface area is 179 Å². The van der Waals surface area contributed by atoms with Crippen LogP contribution in [0.15, 0.2) is 54.6 Å². The molecule has 3 N–H and O–H groups in total. The number of Topliss-reactive ketones (excluding diaryl/α,β-unsaturated/α-hetero) is 1.